The minimum absolute atomic E-state index is 0.315. The highest BCUT2D eigenvalue weighted by molar-refractivity contribution is 5.79. The maximum atomic E-state index is 13.2. The summed E-state index contributed by atoms with van der Waals surface area (Å²) in [4.78, 5) is 22.7. The summed E-state index contributed by atoms with van der Waals surface area (Å²) in [7, 11) is 0. The number of ether oxygens (including phenoxy) is 2. The maximum Gasteiger partial charge on any atom is 0.460 e. The van der Waals surface area contributed by atoms with Crippen molar-refractivity contribution >= 4 is 11.9 Å². The van der Waals surface area contributed by atoms with Gasteiger partial charge in [0, 0.05) is 0 Å². The minimum Gasteiger partial charge on any atom is -0.463 e. The van der Waals surface area contributed by atoms with Gasteiger partial charge in [-0.15, -0.1) is 0 Å². The number of hydrogen-bond acceptors (Lipinski definition) is 4. The van der Waals surface area contributed by atoms with Crippen LogP contribution in [0.25, 0.3) is 0 Å². The SMILES string of the molecule is CCC(C)(C)C(=O)OCC(=O)OCCC(F)(F)C(F)(F)C(F)(F)C(F)(F)F. The van der Waals surface area contributed by atoms with Crippen molar-refractivity contribution in [2.45, 2.75) is 57.6 Å². The topological polar surface area (TPSA) is 52.6 Å². The van der Waals surface area contributed by atoms with Gasteiger partial charge in [0.25, 0.3) is 0 Å². The van der Waals surface area contributed by atoms with Crippen molar-refractivity contribution in [3.63, 3.8) is 0 Å². The molecule has 0 amide bonds. The van der Waals surface area contributed by atoms with Crippen molar-refractivity contribution in [2.75, 3.05) is 13.2 Å². The molecule has 0 heterocycles. The second kappa shape index (κ2) is 8.13. The summed E-state index contributed by atoms with van der Waals surface area (Å²) < 4.78 is 122. The fourth-order valence-electron chi connectivity index (χ4n) is 1.36. The van der Waals surface area contributed by atoms with Crippen LogP contribution in [0, 0.1) is 5.41 Å². The van der Waals surface area contributed by atoms with E-state index in [1.807, 2.05) is 0 Å². The van der Waals surface area contributed by atoms with Crippen LogP contribution < -0.4 is 0 Å². The number of alkyl halides is 9. The van der Waals surface area contributed by atoms with E-state index < -0.39 is 60.9 Å². The van der Waals surface area contributed by atoms with Gasteiger partial charge in [0.15, 0.2) is 6.61 Å². The first-order valence-corrected chi connectivity index (χ1v) is 7.36. The van der Waals surface area contributed by atoms with Gasteiger partial charge in [0.05, 0.1) is 18.4 Å². The maximum absolute atomic E-state index is 13.2. The molecule has 0 N–H and O–H groups in total. The zero-order valence-electron chi connectivity index (χ0n) is 14.4. The molecule has 0 bridgehead atoms. The summed E-state index contributed by atoms with van der Waals surface area (Å²) in [6.07, 6.45) is -8.92. The lowest BCUT2D eigenvalue weighted by Gasteiger charge is -2.33. The molecule has 0 aromatic heterocycles. The molecule has 0 aliphatic rings. The van der Waals surface area contributed by atoms with Crippen LogP contribution >= 0.6 is 0 Å². The van der Waals surface area contributed by atoms with E-state index in [0.717, 1.165) is 0 Å². The Balaban J connectivity index is 4.75. The summed E-state index contributed by atoms with van der Waals surface area (Å²) in [5.74, 6) is -22.0. The van der Waals surface area contributed by atoms with Crippen molar-refractivity contribution in [3.8, 4) is 0 Å². The van der Waals surface area contributed by atoms with Crippen molar-refractivity contribution < 1.29 is 58.6 Å². The van der Waals surface area contributed by atoms with Gasteiger partial charge in [-0.05, 0) is 20.3 Å². The normalized spacial score (nSPS) is 14.1. The summed E-state index contributed by atoms with van der Waals surface area (Å²) in [5, 5.41) is 0. The van der Waals surface area contributed by atoms with Gasteiger partial charge in [-0.2, -0.15) is 39.5 Å². The third-order valence-corrected chi connectivity index (χ3v) is 3.65. The Bertz CT molecular complexity index is 541. The second-order valence-corrected chi connectivity index (χ2v) is 6.14. The van der Waals surface area contributed by atoms with Gasteiger partial charge >= 0.3 is 35.9 Å². The lowest BCUT2D eigenvalue weighted by molar-refractivity contribution is -0.397. The summed E-state index contributed by atoms with van der Waals surface area (Å²) in [6.45, 7) is 1.86. The second-order valence-electron chi connectivity index (χ2n) is 6.14. The van der Waals surface area contributed by atoms with Crippen LogP contribution in [0.1, 0.15) is 33.6 Å². The van der Waals surface area contributed by atoms with Crippen LogP contribution in [0.5, 0.6) is 0 Å². The molecule has 0 atom stereocenters. The van der Waals surface area contributed by atoms with E-state index in [1.54, 1.807) is 6.92 Å². The van der Waals surface area contributed by atoms with E-state index >= 15 is 0 Å². The predicted molar refractivity (Wildman–Crippen MR) is 71.5 cm³/mol. The van der Waals surface area contributed by atoms with Crippen molar-refractivity contribution in [1.82, 2.24) is 0 Å². The summed E-state index contributed by atoms with van der Waals surface area (Å²) in [5.41, 5.74) is -0.988. The molecule has 160 valence electrons. The van der Waals surface area contributed by atoms with Gasteiger partial charge in [0.1, 0.15) is 0 Å². The Morgan fingerprint density at radius 2 is 1.30 bits per heavy atom. The highest BCUT2D eigenvalue weighted by Gasteiger charge is 2.81. The average molecular weight is 420 g/mol. The van der Waals surface area contributed by atoms with Crippen LogP contribution in [0.2, 0.25) is 0 Å². The third-order valence-electron chi connectivity index (χ3n) is 3.65. The standard InChI is InChI=1S/C14H17F9O4/c1-4-10(2,3)9(25)27-7-8(24)26-6-5-11(15,16)12(17,18)13(19,20)14(21,22)23/h4-7H2,1-3H3. The number of halogens is 9. The molecule has 0 aromatic rings. The summed E-state index contributed by atoms with van der Waals surface area (Å²) in [6, 6.07) is 0. The van der Waals surface area contributed by atoms with Crippen LogP contribution in [0.4, 0.5) is 39.5 Å². The lowest BCUT2D eigenvalue weighted by Crippen LogP contribution is -2.61. The quantitative estimate of drug-likeness (QED) is 0.411. The molecule has 0 spiro atoms. The first-order chi connectivity index (χ1) is 11.8. The fraction of sp³-hybridized carbons (Fsp3) is 0.857. The molecule has 0 aromatic carbocycles. The first kappa shape index (κ1) is 25.3. The van der Waals surface area contributed by atoms with E-state index in [-0.39, 0.29) is 0 Å². The molecule has 0 unspecified atom stereocenters. The van der Waals surface area contributed by atoms with Crippen molar-refractivity contribution in [2.24, 2.45) is 5.41 Å². The Morgan fingerprint density at radius 3 is 1.70 bits per heavy atom. The summed E-state index contributed by atoms with van der Waals surface area (Å²) >= 11 is 0. The molecular formula is C14H17F9O4. The smallest absolute Gasteiger partial charge is 0.460 e. The van der Waals surface area contributed by atoms with Crippen LogP contribution in [0.3, 0.4) is 0 Å². The lowest BCUT2D eigenvalue weighted by atomic mass is 9.91. The highest BCUT2D eigenvalue weighted by atomic mass is 19.4. The highest BCUT2D eigenvalue weighted by Crippen LogP contribution is 2.53. The van der Waals surface area contributed by atoms with Crippen LogP contribution in [0.15, 0.2) is 0 Å². The molecule has 0 radical (unpaired) electrons. The number of esters is 2. The zero-order valence-corrected chi connectivity index (χ0v) is 14.4. The van der Waals surface area contributed by atoms with Gasteiger partial charge in [0.2, 0.25) is 0 Å². The van der Waals surface area contributed by atoms with E-state index in [4.69, 9.17) is 0 Å². The van der Waals surface area contributed by atoms with Crippen molar-refractivity contribution in [3.05, 3.63) is 0 Å². The fourth-order valence-corrected chi connectivity index (χ4v) is 1.36. The molecule has 0 fully saturated rings. The Labute approximate surface area is 148 Å². The number of hydrogen-bond donors (Lipinski definition) is 0. The monoisotopic (exact) mass is 420 g/mol. The van der Waals surface area contributed by atoms with Crippen molar-refractivity contribution in [1.29, 1.82) is 0 Å². The zero-order chi connectivity index (χ0) is 21.9. The Kier molecular flexibility index (Phi) is 7.62. The number of carbonyl (C=O) groups is 2. The molecule has 0 saturated heterocycles. The Hall–Kier alpha value is -1.69. The van der Waals surface area contributed by atoms with Gasteiger partial charge in [-0.1, -0.05) is 6.92 Å². The van der Waals surface area contributed by atoms with E-state index in [0.29, 0.717) is 6.42 Å². The van der Waals surface area contributed by atoms with Gasteiger partial charge < -0.3 is 9.47 Å². The Morgan fingerprint density at radius 1 is 0.815 bits per heavy atom. The predicted octanol–water partition coefficient (Wildman–Crippen LogP) is 4.37. The van der Waals surface area contributed by atoms with E-state index in [2.05, 4.69) is 9.47 Å². The van der Waals surface area contributed by atoms with E-state index in [1.165, 1.54) is 13.8 Å². The van der Waals surface area contributed by atoms with Crippen LogP contribution in [-0.2, 0) is 19.1 Å². The molecule has 0 saturated carbocycles. The number of carbonyl (C=O) groups excluding carboxylic acids is 2. The molecule has 0 aliphatic carbocycles. The minimum atomic E-state index is -7.01. The molecule has 0 rings (SSSR count). The van der Waals surface area contributed by atoms with Crippen LogP contribution in [-0.4, -0.2) is 49.1 Å². The molecule has 13 heteroatoms. The van der Waals surface area contributed by atoms with Gasteiger partial charge in [-0.25, -0.2) is 4.79 Å². The van der Waals surface area contributed by atoms with E-state index in [9.17, 15) is 49.1 Å². The largest absolute Gasteiger partial charge is 0.463 e. The molecule has 4 nitrogen and oxygen atoms in total. The van der Waals surface area contributed by atoms with Gasteiger partial charge in [-0.3, -0.25) is 4.79 Å². The third kappa shape index (κ3) is 5.64. The number of rotatable bonds is 9. The first-order valence-electron chi connectivity index (χ1n) is 7.36. The molecular weight excluding hydrogens is 403 g/mol. The molecule has 27 heavy (non-hydrogen) atoms. The molecule has 0 aliphatic heterocycles. The average Bonchev–Trinajstić information content (AvgIpc) is 2.50.